The van der Waals surface area contributed by atoms with E-state index >= 15 is 0 Å². The maximum atomic E-state index is 14.1. The third-order valence-corrected chi connectivity index (χ3v) is 5.93. The number of benzene rings is 3. The molecule has 1 heterocycles. The van der Waals surface area contributed by atoms with Gasteiger partial charge in [0.2, 0.25) is 0 Å². The number of rotatable bonds is 10. The number of amides is 3. The molecule has 3 amide bonds. The van der Waals surface area contributed by atoms with Crippen molar-refractivity contribution in [3.8, 4) is 11.5 Å². The second-order valence-electron chi connectivity index (χ2n) is 8.32. The molecule has 0 radical (unpaired) electrons. The normalized spacial score (nSPS) is 14.1. The zero-order chi connectivity index (χ0) is 26.4. The fraction of sp³-hybridized carbons (Fsp3) is 0.172. The molecule has 3 aromatic rings. The number of hydrogen-bond donors (Lipinski definition) is 1. The SMILES string of the molecule is C=CCc1cc(/C=C2/NC(=O)N(Cc3ccccc3F)C2=O)cc(OCC)c1OCc1ccc(Cl)cc1. The van der Waals surface area contributed by atoms with E-state index in [9.17, 15) is 14.0 Å². The van der Waals surface area contributed by atoms with Crippen LogP contribution < -0.4 is 14.8 Å². The molecule has 0 bridgehead atoms. The highest BCUT2D eigenvalue weighted by Crippen LogP contribution is 2.35. The Kier molecular flexibility index (Phi) is 8.25. The van der Waals surface area contributed by atoms with Crippen molar-refractivity contribution in [1.29, 1.82) is 0 Å². The van der Waals surface area contributed by atoms with Crippen molar-refractivity contribution >= 4 is 29.6 Å². The zero-order valence-electron chi connectivity index (χ0n) is 20.3. The monoisotopic (exact) mass is 520 g/mol. The standard InChI is InChI=1S/C29H26ClFN2O4/c1-3-7-21-14-20(16-26(36-4-2)27(21)37-18-19-10-12-23(30)13-11-19)15-25-28(34)33(29(35)32-25)17-22-8-5-6-9-24(22)31/h3,5-6,8-16H,1,4,7,17-18H2,2H3,(H,32,35)/b25-15+. The van der Waals surface area contributed by atoms with Crippen LogP contribution in [0.4, 0.5) is 9.18 Å². The van der Waals surface area contributed by atoms with Crippen LogP contribution in [0.1, 0.15) is 29.2 Å². The molecule has 0 atom stereocenters. The number of imide groups is 1. The average molecular weight is 521 g/mol. The average Bonchev–Trinajstić information content (AvgIpc) is 3.13. The first-order valence-electron chi connectivity index (χ1n) is 11.8. The highest BCUT2D eigenvalue weighted by Gasteiger charge is 2.34. The second kappa shape index (κ2) is 11.8. The summed E-state index contributed by atoms with van der Waals surface area (Å²) in [7, 11) is 0. The fourth-order valence-electron chi connectivity index (χ4n) is 3.92. The molecule has 0 aromatic heterocycles. The highest BCUT2D eigenvalue weighted by atomic mass is 35.5. The van der Waals surface area contributed by atoms with E-state index in [1.165, 1.54) is 12.1 Å². The Hall–Kier alpha value is -4.10. The summed E-state index contributed by atoms with van der Waals surface area (Å²) in [5, 5.41) is 3.23. The predicted octanol–water partition coefficient (Wildman–Crippen LogP) is 6.28. The van der Waals surface area contributed by atoms with Crippen LogP contribution in [0, 0.1) is 5.82 Å². The molecule has 0 spiro atoms. The Morgan fingerprint density at radius 1 is 1.05 bits per heavy atom. The number of carbonyl (C=O) groups excluding carboxylic acids is 2. The third kappa shape index (κ3) is 6.19. The third-order valence-electron chi connectivity index (χ3n) is 5.67. The van der Waals surface area contributed by atoms with Crippen LogP contribution in [0.3, 0.4) is 0 Å². The summed E-state index contributed by atoms with van der Waals surface area (Å²) in [5.41, 5.74) is 2.72. The van der Waals surface area contributed by atoms with E-state index < -0.39 is 17.8 Å². The zero-order valence-corrected chi connectivity index (χ0v) is 21.1. The smallest absolute Gasteiger partial charge is 0.329 e. The van der Waals surface area contributed by atoms with Crippen molar-refractivity contribution in [3.63, 3.8) is 0 Å². The van der Waals surface area contributed by atoms with E-state index in [0.717, 1.165) is 16.0 Å². The summed E-state index contributed by atoms with van der Waals surface area (Å²) in [6, 6.07) is 16.4. The number of nitrogens with one attached hydrogen (secondary N) is 1. The lowest BCUT2D eigenvalue weighted by Crippen LogP contribution is -2.30. The summed E-state index contributed by atoms with van der Waals surface area (Å²) in [6.45, 7) is 6.24. The molecule has 3 aromatic carbocycles. The van der Waals surface area contributed by atoms with Crippen LogP contribution in [-0.2, 0) is 24.4 Å². The first-order valence-corrected chi connectivity index (χ1v) is 12.1. The number of nitrogens with zero attached hydrogens (tertiary/aromatic N) is 1. The van der Waals surface area contributed by atoms with Crippen molar-refractivity contribution in [2.24, 2.45) is 0 Å². The van der Waals surface area contributed by atoms with Gasteiger partial charge in [-0.25, -0.2) is 9.18 Å². The molecule has 190 valence electrons. The quantitative estimate of drug-likeness (QED) is 0.194. The van der Waals surface area contributed by atoms with Crippen LogP contribution in [0.5, 0.6) is 11.5 Å². The molecule has 1 N–H and O–H groups in total. The van der Waals surface area contributed by atoms with E-state index in [1.54, 1.807) is 42.5 Å². The molecule has 0 aliphatic carbocycles. The second-order valence-corrected chi connectivity index (χ2v) is 8.76. The number of hydrogen-bond acceptors (Lipinski definition) is 4. The van der Waals surface area contributed by atoms with Crippen LogP contribution in [-0.4, -0.2) is 23.4 Å². The van der Waals surface area contributed by atoms with Gasteiger partial charge in [0.15, 0.2) is 11.5 Å². The minimum atomic E-state index is -0.612. The van der Waals surface area contributed by atoms with E-state index in [2.05, 4.69) is 11.9 Å². The van der Waals surface area contributed by atoms with Crippen LogP contribution in [0.15, 0.2) is 79.0 Å². The molecule has 37 heavy (non-hydrogen) atoms. The highest BCUT2D eigenvalue weighted by molar-refractivity contribution is 6.30. The van der Waals surface area contributed by atoms with Crippen LogP contribution >= 0.6 is 11.6 Å². The summed E-state index contributed by atoms with van der Waals surface area (Å²) in [6.07, 6.45) is 3.81. The lowest BCUT2D eigenvalue weighted by molar-refractivity contribution is -0.123. The molecule has 4 rings (SSSR count). The maximum Gasteiger partial charge on any atom is 0.329 e. The lowest BCUT2D eigenvalue weighted by Gasteiger charge is -2.17. The van der Waals surface area contributed by atoms with Crippen molar-refractivity contribution in [2.45, 2.75) is 26.5 Å². The van der Waals surface area contributed by atoms with Gasteiger partial charge >= 0.3 is 6.03 Å². The van der Waals surface area contributed by atoms with Gasteiger partial charge in [0.1, 0.15) is 18.1 Å². The van der Waals surface area contributed by atoms with E-state index in [0.29, 0.717) is 41.7 Å². The number of urea groups is 1. The lowest BCUT2D eigenvalue weighted by atomic mass is 10.0. The summed E-state index contributed by atoms with van der Waals surface area (Å²) < 4.78 is 26.1. The van der Waals surface area contributed by atoms with E-state index in [-0.39, 0.29) is 17.8 Å². The molecule has 1 fully saturated rings. The number of halogens is 2. The van der Waals surface area contributed by atoms with Crippen LogP contribution in [0.2, 0.25) is 5.02 Å². The topological polar surface area (TPSA) is 67.9 Å². The van der Waals surface area contributed by atoms with E-state index in [1.807, 2.05) is 25.1 Å². The maximum absolute atomic E-state index is 14.1. The summed E-state index contributed by atoms with van der Waals surface area (Å²) in [4.78, 5) is 26.5. The Morgan fingerprint density at radius 3 is 2.51 bits per heavy atom. The van der Waals surface area contributed by atoms with Gasteiger partial charge < -0.3 is 14.8 Å². The summed E-state index contributed by atoms with van der Waals surface area (Å²) >= 11 is 5.98. The molecule has 1 aliphatic heterocycles. The molecule has 8 heteroatoms. The Morgan fingerprint density at radius 2 is 1.81 bits per heavy atom. The van der Waals surface area contributed by atoms with Crippen LogP contribution in [0.25, 0.3) is 6.08 Å². The number of ether oxygens (including phenoxy) is 2. The van der Waals surface area contributed by atoms with Gasteiger partial charge in [-0.3, -0.25) is 9.69 Å². The van der Waals surface area contributed by atoms with Gasteiger partial charge in [-0.05, 0) is 60.9 Å². The molecule has 0 unspecified atom stereocenters. The van der Waals surface area contributed by atoms with Crippen molar-refractivity contribution in [2.75, 3.05) is 6.61 Å². The Labute approximate surface area is 220 Å². The molecule has 1 saturated heterocycles. The van der Waals surface area contributed by atoms with Gasteiger partial charge in [-0.15, -0.1) is 6.58 Å². The largest absolute Gasteiger partial charge is 0.490 e. The number of carbonyl (C=O) groups is 2. The van der Waals surface area contributed by atoms with Gasteiger partial charge in [-0.2, -0.15) is 0 Å². The fourth-order valence-corrected chi connectivity index (χ4v) is 4.04. The van der Waals surface area contributed by atoms with Gasteiger partial charge in [-0.1, -0.05) is 48.0 Å². The molecule has 0 saturated carbocycles. The van der Waals surface area contributed by atoms with Gasteiger partial charge in [0.25, 0.3) is 5.91 Å². The Balaban J connectivity index is 1.62. The number of allylic oxidation sites excluding steroid dienone is 1. The Bertz CT molecular complexity index is 1350. The van der Waals surface area contributed by atoms with E-state index in [4.69, 9.17) is 21.1 Å². The van der Waals surface area contributed by atoms with Crippen molar-refractivity contribution in [3.05, 3.63) is 112 Å². The molecule has 1 aliphatic rings. The molecule has 6 nitrogen and oxygen atoms in total. The summed E-state index contributed by atoms with van der Waals surface area (Å²) in [5.74, 6) is 0.0501. The molecular formula is C29H26ClFN2O4. The minimum absolute atomic E-state index is 0.0863. The first kappa shape index (κ1) is 26.0. The van der Waals surface area contributed by atoms with Gasteiger partial charge in [0.05, 0.1) is 13.2 Å². The van der Waals surface area contributed by atoms with Crippen molar-refractivity contribution < 1.29 is 23.5 Å². The minimum Gasteiger partial charge on any atom is -0.490 e. The van der Waals surface area contributed by atoms with Crippen molar-refractivity contribution in [1.82, 2.24) is 10.2 Å². The molecular weight excluding hydrogens is 495 g/mol. The predicted molar refractivity (Wildman–Crippen MR) is 141 cm³/mol. The first-order chi connectivity index (χ1) is 17.9. The van der Waals surface area contributed by atoms with Gasteiger partial charge in [0, 0.05) is 16.1 Å².